The van der Waals surface area contributed by atoms with Crippen molar-refractivity contribution < 1.29 is 5.11 Å². The molecule has 3 aromatic rings. The van der Waals surface area contributed by atoms with Gasteiger partial charge in [0, 0.05) is 36.4 Å². The first-order chi connectivity index (χ1) is 11.8. The zero-order valence-electron chi connectivity index (χ0n) is 13.2. The topological polar surface area (TPSA) is 75.9 Å². The predicted octanol–water partition coefficient (Wildman–Crippen LogP) is 3.06. The number of nitrogens with one attached hydrogen (secondary N) is 1. The van der Waals surface area contributed by atoms with Gasteiger partial charge in [-0.15, -0.1) is 0 Å². The lowest BCUT2D eigenvalue weighted by atomic mass is 10.0. The molecule has 5 heteroatoms. The Hall–Kier alpha value is -2.84. The summed E-state index contributed by atoms with van der Waals surface area (Å²) in [5.74, 6) is 0. The van der Waals surface area contributed by atoms with Crippen LogP contribution in [-0.2, 0) is 0 Å². The fourth-order valence-corrected chi connectivity index (χ4v) is 3.46. The minimum Gasteiger partial charge on any atom is -0.391 e. The van der Waals surface area contributed by atoms with Crippen molar-refractivity contribution in [3.05, 3.63) is 48.3 Å². The molecule has 3 heterocycles. The molecule has 1 aliphatic rings. The maximum atomic E-state index is 10.0. The van der Waals surface area contributed by atoms with E-state index >= 15 is 0 Å². The largest absolute Gasteiger partial charge is 0.391 e. The molecule has 24 heavy (non-hydrogen) atoms. The number of piperidine rings is 1. The first-order valence-corrected chi connectivity index (χ1v) is 8.16. The molecule has 0 radical (unpaired) electrons. The van der Waals surface area contributed by atoms with E-state index in [1.807, 2.05) is 30.5 Å². The molecule has 1 aromatic carbocycles. The number of hydrogen-bond acceptors (Lipinski definition) is 4. The van der Waals surface area contributed by atoms with Crippen molar-refractivity contribution >= 4 is 16.7 Å². The molecule has 2 aromatic heterocycles. The van der Waals surface area contributed by atoms with Gasteiger partial charge < -0.3 is 15.0 Å². The van der Waals surface area contributed by atoms with Gasteiger partial charge in [0.1, 0.15) is 5.65 Å². The third kappa shape index (κ3) is 2.51. The molecular formula is C19H18N4O. The van der Waals surface area contributed by atoms with Crippen LogP contribution in [0.4, 0.5) is 5.69 Å². The number of fused-ring (bicyclic) bond motifs is 1. The number of nitriles is 1. The third-order valence-corrected chi connectivity index (χ3v) is 4.59. The second-order valence-electron chi connectivity index (χ2n) is 6.19. The standard InChI is InChI=1S/C19H18N4O/c20-10-13-3-1-4-14(9-13)16-11-22-19-18(16)17(6-7-21-19)23-8-2-5-15(24)12-23/h1,3-4,6-7,9,11,15,24H,2,5,8,12H2,(H,21,22)/t15-/m0/s1. The highest BCUT2D eigenvalue weighted by atomic mass is 16.3. The number of rotatable bonds is 2. The maximum absolute atomic E-state index is 10.0. The smallest absolute Gasteiger partial charge is 0.139 e. The van der Waals surface area contributed by atoms with E-state index in [9.17, 15) is 5.11 Å². The highest BCUT2D eigenvalue weighted by Gasteiger charge is 2.21. The molecule has 1 aliphatic heterocycles. The highest BCUT2D eigenvalue weighted by molar-refractivity contribution is 6.02. The molecule has 5 nitrogen and oxygen atoms in total. The molecule has 0 unspecified atom stereocenters. The number of hydrogen-bond donors (Lipinski definition) is 2. The second-order valence-corrected chi connectivity index (χ2v) is 6.19. The average molecular weight is 318 g/mol. The van der Waals surface area contributed by atoms with E-state index in [4.69, 9.17) is 5.26 Å². The Morgan fingerprint density at radius 1 is 1.33 bits per heavy atom. The van der Waals surface area contributed by atoms with Crippen LogP contribution in [0.5, 0.6) is 0 Å². The van der Waals surface area contributed by atoms with Gasteiger partial charge in [-0.05, 0) is 36.6 Å². The lowest BCUT2D eigenvalue weighted by Gasteiger charge is -2.32. The first-order valence-electron chi connectivity index (χ1n) is 8.16. The van der Waals surface area contributed by atoms with Gasteiger partial charge in [0.15, 0.2) is 0 Å². The van der Waals surface area contributed by atoms with Crippen LogP contribution in [0.25, 0.3) is 22.2 Å². The molecule has 2 N–H and O–H groups in total. The van der Waals surface area contributed by atoms with Crippen LogP contribution in [0.15, 0.2) is 42.7 Å². The van der Waals surface area contributed by atoms with Crippen molar-refractivity contribution in [3.8, 4) is 17.2 Å². The maximum Gasteiger partial charge on any atom is 0.139 e. The summed E-state index contributed by atoms with van der Waals surface area (Å²) in [5.41, 5.74) is 4.57. The zero-order valence-corrected chi connectivity index (χ0v) is 13.2. The number of benzene rings is 1. The van der Waals surface area contributed by atoms with Crippen LogP contribution < -0.4 is 4.90 Å². The minimum atomic E-state index is -0.286. The first kappa shape index (κ1) is 14.7. The molecule has 1 atom stereocenters. The zero-order chi connectivity index (χ0) is 16.5. The molecule has 1 saturated heterocycles. The summed E-state index contributed by atoms with van der Waals surface area (Å²) < 4.78 is 0. The highest BCUT2D eigenvalue weighted by Crippen LogP contribution is 2.36. The summed E-state index contributed by atoms with van der Waals surface area (Å²) in [6.45, 7) is 1.57. The number of H-pyrrole nitrogens is 1. The number of aliphatic hydroxyl groups excluding tert-OH is 1. The van der Waals surface area contributed by atoms with Crippen molar-refractivity contribution in [2.45, 2.75) is 18.9 Å². The molecule has 0 bridgehead atoms. The van der Waals surface area contributed by atoms with Crippen molar-refractivity contribution in [2.24, 2.45) is 0 Å². The Morgan fingerprint density at radius 2 is 2.25 bits per heavy atom. The van der Waals surface area contributed by atoms with Crippen LogP contribution >= 0.6 is 0 Å². The Bertz CT molecular complexity index is 925. The van der Waals surface area contributed by atoms with Crippen LogP contribution in [0.2, 0.25) is 0 Å². The van der Waals surface area contributed by atoms with Crippen LogP contribution in [0.1, 0.15) is 18.4 Å². The van der Waals surface area contributed by atoms with E-state index in [0.29, 0.717) is 12.1 Å². The molecule has 0 aliphatic carbocycles. The van der Waals surface area contributed by atoms with Gasteiger partial charge in [-0.2, -0.15) is 5.26 Å². The number of nitrogens with zero attached hydrogens (tertiary/aromatic N) is 3. The van der Waals surface area contributed by atoms with Gasteiger partial charge in [0.05, 0.1) is 23.4 Å². The van der Waals surface area contributed by atoms with E-state index in [2.05, 4.69) is 20.9 Å². The van der Waals surface area contributed by atoms with E-state index in [0.717, 1.165) is 47.2 Å². The second kappa shape index (κ2) is 5.99. The van der Waals surface area contributed by atoms with Crippen molar-refractivity contribution in [1.29, 1.82) is 5.26 Å². The Balaban J connectivity index is 1.87. The average Bonchev–Trinajstić information content (AvgIpc) is 3.06. The summed E-state index contributed by atoms with van der Waals surface area (Å²) in [7, 11) is 0. The number of aliphatic hydroxyl groups is 1. The monoisotopic (exact) mass is 318 g/mol. The molecule has 0 spiro atoms. The summed E-state index contributed by atoms with van der Waals surface area (Å²) in [6.07, 6.45) is 5.29. The van der Waals surface area contributed by atoms with Crippen LogP contribution in [0, 0.1) is 11.3 Å². The van der Waals surface area contributed by atoms with E-state index < -0.39 is 0 Å². The quantitative estimate of drug-likeness (QED) is 0.761. The summed E-state index contributed by atoms with van der Waals surface area (Å²) in [6, 6.07) is 11.8. The van der Waals surface area contributed by atoms with Crippen LogP contribution in [-0.4, -0.2) is 34.3 Å². The normalized spacial score (nSPS) is 17.8. The van der Waals surface area contributed by atoms with Gasteiger partial charge in [-0.3, -0.25) is 0 Å². The molecule has 4 rings (SSSR count). The fraction of sp³-hybridized carbons (Fsp3) is 0.263. The minimum absolute atomic E-state index is 0.286. The lowest BCUT2D eigenvalue weighted by molar-refractivity contribution is 0.154. The summed E-state index contributed by atoms with van der Waals surface area (Å²) >= 11 is 0. The van der Waals surface area contributed by atoms with Gasteiger partial charge in [0.2, 0.25) is 0 Å². The Kier molecular flexibility index (Phi) is 3.68. The molecule has 0 amide bonds. The van der Waals surface area contributed by atoms with Crippen molar-refractivity contribution in [2.75, 3.05) is 18.0 Å². The SMILES string of the molecule is N#Cc1cccc(-c2c[nH]c3nccc(N4CCC[C@H](O)C4)c23)c1. The molecule has 120 valence electrons. The number of β-amino-alcohol motifs (C(OH)–C–C–N with tert-alkyl or cyclic N) is 1. The van der Waals surface area contributed by atoms with E-state index in [1.165, 1.54) is 0 Å². The Morgan fingerprint density at radius 3 is 3.08 bits per heavy atom. The van der Waals surface area contributed by atoms with Gasteiger partial charge in [-0.25, -0.2) is 4.98 Å². The van der Waals surface area contributed by atoms with E-state index in [1.54, 1.807) is 12.3 Å². The number of aromatic nitrogens is 2. The predicted molar refractivity (Wildman–Crippen MR) is 93.7 cm³/mol. The number of anilines is 1. The number of pyridine rings is 1. The summed E-state index contributed by atoms with van der Waals surface area (Å²) in [5, 5.41) is 20.2. The third-order valence-electron chi connectivity index (χ3n) is 4.59. The lowest BCUT2D eigenvalue weighted by Crippen LogP contribution is -2.38. The van der Waals surface area contributed by atoms with Crippen molar-refractivity contribution in [3.63, 3.8) is 0 Å². The van der Waals surface area contributed by atoms with Gasteiger partial charge >= 0.3 is 0 Å². The molecule has 1 fully saturated rings. The van der Waals surface area contributed by atoms with E-state index in [-0.39, 0.29) is 6.10 Å². The Labute approximate surface area is 140 Å². The van der Waals surface area contributed by atoms with Gasteiger partial charge in [0.25, 0.3) is 0 Å². The number of aromatic amines is 1. The van der Waals surface area contributed by atoms with Crippen LogP contribution in [0.3, 0.4) is 0 Å². The van der Waals surface area contributed by atoms with Crippen molar-refractivity contribution in [1.82, 2.24) is 9.97 Å². The summed E-state index contributed by atoms with van der Waals surface area (Å²) in [4.78, 5) is 9.89. The molecule has 0 saturated carbocycles. The van der Waals surface area contributed by atoms with Gasteiger partial charge in [-0.1, -0.05) is 12.1 Å². The molecular weight excluding hydrogens is 300 g/mol. The fourth-order valence-electron chi connectivity index (χ4n) is 3.46.